The fourth-order valence-electron chi connectivity index (χ4n) is 5.08. The van der Waals surface area contributed by atoms with Gasteiger partial charge in [-0.1, -0.05) is 26.2 Å². The van der Waals surface area contributed by atoms with Gasteiger partial charge < -0.3 is 5.11 Å². The molecule has 84 valence electrons. The number of hydrogen-bond donors (Lipinski definition) is 1. The van der Waals surface area contributed by atoms with Crippen LogP contribution >= 0.6 is 0 Å². The first kappa shape index (κ1) is 9.68. The zero-order chi connectivity index (χ0) is 10.7. The molecule has 0 aromatic carbocycles. The molecule has 0 amide bonds. The van der Waals surface area contributed by atoms with Gasteiger partial charge >= 0.3 is 5.97 Å². The molecule has 6 aliphatic rings. The summed E-state index contributed by atoms with van der Waals surface area (Å²) in [6.45, 7) is 2.21. The van der Waals surface area contributed by atoms with E-state index in [1.807, 2.05) is 0 Å². The van der Waals surface area contributed by atoms with E-state index in [1.165, 1.54) is 38.5 Å². The van der Waals surface area contributed by atoms with Crippen LogP contribution in [0.15, 0.2) is 0 Å². The number of carboxylic acid groups (broad SMARTS) is 1. The minimum absolute atomic E-state index is 0.230. The Labute approximate surface area is 91.1 Å². The Morgan fingerprint density at radius 2 is 1.87 bits per heavy atom. The lowest BCUT2D eigenvalue weighted by molar-refractivity contribution is -0.156. The maximum Gasteiger partial charge on any atom is 0.310 e. The van der Waals surface area contributed by atoms with Crippen molar-refractivity contribution in [1.29, 1.82) is 0 Å². The fourth-order valence-corrected chi connectivity index (χ4v) is 5.08. The summed E-state index contributed by atoms with van der Waals surface area (Å²) in [5.41, 5.74) is 0.458. The molecule has 0 aromatic rings. The minimum atomic E-state index is -0.496. The third kappa shape index (κ3) is 0.896. The smallest absolute Gasteiger partial charge is 0.310 e. The van der Waals surface area contributed by atoms with Gasteiger partial charge in [-0.05, 0) is 42.9 Å². The number of hydrogen-bond acceptors (Lipinski definition) is 1. The van der Waals surface area contributed by atoms with Crippen LogP contribution in [0.25, 0.3) is 0 Å². The summed E-state index contributed by atoms with van der Waals surface area (Å²) in [7, 11) is 0. The van der Waals surface area contributed by atoms with Crippen molar-refractivity contribution in [3.8, 4) is 0 Å². The monoisotopic (exact) mass is 208 g/mol. The van der Waals surface area contributed by atoms with E-state index < -0.39 is 5.97 Å². The van der Waals surface area contributed by atoms with Gasteiger partial charge in [-0.25, -0.2) is 0 Å². The second-order valence-electron chi connectivity index (χ2n) is 6.33. The van der Waals surface area contributed by atoms with E-state index in [9.17, 15) is 9.90 Å². The quantitative estimate of drug-likeness (QED) is 0.704. The third-order valence-electron chi connectivity index (χ3n) is 5.46. The molecular formula is C13H20O2. The Morgan fingerprint density at radius 3 is 2.40 bits per heavy atom. The number of carbonyl (C=O) groups is 1. The molecule has 6 fully saturated rings. The van der Waals surface area contributed by atoms with Crippen molar-refractivity contribution in [2.24, 2.45) is 16.2 Å². The maximum absolute atomic E-state index is 11.4. The van der Waals surface area contributed by atoms with Gasteiger partial charge in [0.1, 0.15) is 0 Å². The van der Waals surface area contributed by atoms with E-state index in [0.717, 1.165) is 12.8 Å². The molecule has 15 heavy (non-hydrogen) atoms. The molecule has 6 saturated carbocycles. The molecule has 0 saturated heterocycles. The van der Waals surface area contributed by atoms with Crippen LogP contribution in [-0.2, 0) is 4.79 Å². The summed E-state index contributed by atoms with van der Waals surface area (Å²) in [6.07, 6.45) is 9.39. The van der Waals surface area contributed by atoms with Crippen LogP contribution in [0.4, 0.5) is 0 Å². The molecule has 6 aliphatic carbocycles. The zero-order valence-electron chi connectivity index (χ0n) is 9.51. The topological polar surface area (TPSA) is 37.3 Å². The zero-order valence-corrected chi connectivity index (χ0v) is 9.51. The fraction of sp³-hybridized carbons (Fsp3) is 0.923. The Hall–Kier alpha value is -0.530. The maximum atomic E-state index is 11.4. The Balaban J connectivity index is 1.74. The van der Waals surface area contributed by atoms with Gasteiger partial charge in [-0.2, -0.15) is 0 Å². The van der Waals surface area contributed by atoms with Gasteiger partial charge in [0, 0.05) is 0 Å². The average Bonchev–Trinajstić information content (AvgIpc) is 2.64. The van der Waals surface area contributed by atoms with Crippen LogP contribution in [0.3, 0.4) is 0 Å². The SMILES string of the molecule is CCCCCC12CC3(C1)CC2(C(=O)O)C3. The Morgan fingerprint density at radius 1 is 1.20 bits per heavy atom. The summed E-state index contributed by atoms with van der Waals surface area (Å²) in [5, 5.41) is 9.43. The summed E-state index contributed by atoms with van der Waals surface area (Å²) in [5.74, 6) is -0.496. The van der Waals surface area contributed by atoms with E-state index >= 15 is 0 Å². The van der Waals surface area contributed by atoms with Gasteiger partial charge in [0.2, 0.25) is 0 Å². The van der Waals surface area contributed by atoms with Crippen LogP contribution in [0.5, 0.6) is 0 Å². The molecule has 0 atom stereocenters. The van der Waals surface area contributed by atoms with Crippen molar-refractivity contribution in [3.05, 3.63) is 0 Å². The van der Waals surface area contributed by atoms with Crippen molar-refractivity contribution in [2.75, 3.05) is 0 Å². The normalized spacial score (nSPS) is 49.7. The van der Waals surface area contributed by atoms with Crippen LogP contribution < -0.4 is 0 Å². The van der Waals surface area contributed by atoms with Crippen molar-refractivity contribution in [2.45, 2.75) is 58.3 Å². The van der Waals surface area contributed by atoms with Crippen LogP contribution in [0, 0.1) is 16.2 Å². The van der Waals surface area contributed by atoms with Gasteiger partial charge in [0.15, 0.2) is 0 Å². The molecule has 2 nitrogen and oxygen atoms in total. The van der Waals surface area contributed by atoms with Gasteiger partial charge in [0.25, 0.3) is 0 Å². The van der Waals surface area contributed by atoms with E-state index in [-0.39, 0.29) is 10.8 Å². The Bertz CT molecular complexity index is 304. The summed E-state index contributed by atoms with van der Waals surface area (Å²) >= 11 is 0. The summed E-state index contributed by atoms with van der Waals surface area (Å²) in [4.78, 5) is 11.4. The van der Waals surface area contributed by atoms with Crippen molar-refractivity contribution >= 4 is 5.97 Å². The van der Waals surface area contributed by atoms with E-state index in [1.54, 1.807) is 0 Å². The van der Waals surface area contributed by atoms with Crippen LogP contribution in [-0.4, -0.2) is 11.1 Å². The number of rotatable bonds is 5. The molecule has 0 aliphatic heterocycles. The van der Waals surface area contributed by atoms with Crippen LogP contribution in [0.2, 0.25) is 0 Å². The summed E-state index contributed by atoms with van der Waals surface area (Å²) in [6, 6.07) is 0. The lowest BCUT2D eigenvalue weighted by atomic mass is 9.63. The molecule has 0 heterocycles. The van der Waals surface area contributed by atoms with E-state index in [4.69, 9.17) is 0 Å². The second kappa shape index (κ2) is 2.58. The predicted molar refractivity (Wildman–Crippen MR) is 57.5 cm³/mol. The van der Waals surface area contributed by atoms with Gasteiger partial charge in [-0.15, -0.1) is 0 Å². The van der Waals surface area contributed by atoms with E-state index in [2.05, 4.69) is 6.92 Å². The Kier molecular flexibility index (Phi) is 1.67. The second-order valence-corrected chi connectivity index (χ2v) is 6.33. The van der Waals surface area contributed by atoms with Crippen LogP contribution in [0.1, 0.15) is 58.3 Å². The minimum Gasteiger partial charge on any atom is -0.481 e. The molecule has 3 bridgehead atoms. The molecular weight excluding hydrogens is 188 g/mol. The molecule has 1 N–H and O–H groups in total. The lowest BCUT2D eigenvalue weighted by Crippen LogP contribution is -2.40. The number of carboxylic acids is 1. The molecule has 0 radical (unpaired) electrons. The first-order chi connectivity index (χ1) is 7.08. The van der Waals surface area contributed by atoms with Crippen molar-refractivity contribution < 1.29 is 9.90 Å². The first-order valence-electron chi connectivity index (χ1n) is 6.32. The number of aliphatic carboxylic acids is 1. The lowest BCUT2D eigenvalue weighted by Gasteiger charge is -2.41. The standard InChI is InChI=1S/C13H20O2/c1-2-3-4-5-12-6-11(7-12)8-13(12,9-11)10(14)15/h2-9H2,1H3,(H,14,15). The van der Waals surface area contributed by atoms with E-state index in [0.29, 0.717) is 5.41 Å². The summed E-state index contributed by atoms with van der Waals surface area (Å²) < 4.78 is 0. The largest absolute Gasteiger partial charge is 0.481 e. The average molecular weight is 208 g/mol. The highest BCUT2D eigenvalue weighted by Crippen LogP contribution is 2.89. The highest BCUT2D eigenvalue weighted by Gasteiger charge is 2.84. The van der Waals surface area contributed by atoms with Crippen molar-refractivity contribution in [3.63, 3.8) is 0 Å². The highest BCUT2D eigenvalue weighted by atomic mass is 16.4. The molecule has 0 aromatic heterocycles. The molecule has 0 unspecified atom stereocenters. The molecule has 2 heteroatoms. The molecule has 6 rings (SSSR count). The molecule has 1 spiro atoms. The third-order valence-corrected chi connectivity index (χ3v) is 5.46. The van der Waals surface area contributed by atoms with Gasteiger partial charge in [-0.3, -0.25) is 4.79 Å². The van der Waals surface area contributed by atoms with Crippen molar-refractivity contribution in [1.82, 2.24) is 0 Å². The highest BCUT2D eigenvalue weighted by molar-refractivity contribution is 5.80. The van der Waals surface area contributed by atoms with Gasteiger partial charge in [0.05, 0.1) is 5.41 Å². The number of unbranched alkanes of at least 4 members (excludes halogenated alkanes) is 2. The predicted octanol–water partition coefficient (Wildman–Crippen LogP) is 3.21. The first-order valence-corrected chi connectivity index (χ1v) is 6.32.